The number of hydrogen-bond acceptors (Lipinski definition) is 3. The molecule has 2 saturated heterocycles. The van der Waals surface area contributed by atoms with E-state index in [2.05, 4.69) is 76.0 Å². The third-order valence-corrected chi connectivity index (χ3v) is 9.05. The van der Waals surface area contributed by atoms with Gasteiger partial charge in [-0.15, -0.1) is 0 Å². The summed E-state index contributed by atoms with van der Waals surface area (Å²) in [5.74, 6) is 1.72. The van der Waals surface area contributed by atoms with Gasteiger partial charge in [0.25, 0.3) is 5.91 Å². The fourth-order valence-electron chi connectivity index (χ4n) is 6.29. The lowest BCUT2D eigenvalue weighted by atomic mass is 9.87. The van der Waals surface area contributed by atoms with Gasteiger partial charge in [0.2, 0.25) is 0 Å². The van der Waals surface area contributed by atoms with Crippen molar-refractivity contribution in [1.82, 2.24) is 9.80 Å². The average molecular weight is 495 g/mol. The van der Waals surface area contributed by atoms with Gasteiger partial charge in [0, 0.05) is 31.1 Å². The monoisotopic (exact) mass is 494 g/mol. The number of carbonyl (C=O) groups is 1. The Labute approximate surface area is 218 Å². The number of likely N-dealkylation sites (tertiary alicyclic amines) is 2. The minimum atomic E-state index is 0.174. The molecule has 3 nitrogen and oxygen atoms in total. The van der Waals surface area contributed by atoms with Crippen LogP contribution in [0.25, 0.3) is 10.8 Å². The van der Waals surface area contributed by atoms with Crippen molar-refractivity contribution < 1.29 is 4.79 Å². The van der Waals surface area contributed by atoms with E-state index in [0.717, 1.165) is 49.1 Å². The maximum Gasteiger partial charge on any atom is 0.254 e. The van der Waals surface area contributed by atoms with Gasteiger partial charge in [-0.2, -0.15) is 11.3 Å². The van der Waals surface area contributed by atoms with Crippen LogP contribution >= 0.6 is 11.3 Å². The molecule has 4 heteroatoms. The second-order valence-corrected chi connectivity index (χ2v) is 11.4. The molecule has 0 N–H and O–H groups in total. The van der Waals surface area contributed by atoms with E-state index < -0.39 is 0 Å². The summed E-state index contributed by atoms with van der Waals surface area (Å²) in [5.41, 5.74) is 5.05. The van der Waals surface area contributed by atoms with Crippen molar-refractivity contribution in [3.63, 3.8) is 0 Å². The Morgan fingerprint density at radius 3 is 2.44 bits per heavy atom. The Kier molecular flexibility index (Phi) is 6.64. The minimum absolute atomic E-state index is 0.174. The molecule has 36 heavy (non-hydrogen) atoms. The molecule has 184 valence electrons. The molecule has 3 aromatic carbocycles. The number of hydrogen-bond donors (Lipinski definition) is 0. The van der Waals surface area contributed by atoms with E-state index in [0.29, 0.717) is 17.8 Å². The zero-order chi connectivity index (χ0) is 24.5. The van der Waals surface area contributed by atoms with Crippen LogP contribution in [-0.2, 0) is 0 Å². The molecule has 0 aliphatic carbocycles. The number of thiophene rings is 1. The molecule has 3 heterocycles. The highest BCUT2D eigenvalue weighted by molar-refractivity contribution is 7.08. The Balaban J connectivity index is 1.17. The number of amides is 1. The van der Waals surface area contributed by atoms with Gasteiger partial charge in [-0.1, -0.05) is 66.2 Å². The topological polar surface area (TPSA) is 23.6 Å². The Hall–Kier alpha value is -2.95. The van der Waals surface area contributed by atoms with Gasteiger partial charge in [-0.25, -0.2) is 0 Å². The summed E-state index contributed by atoms with van der Waals surface area (Å²) in [4.78, 5) is 18.5. The summed E-state index contributed by atoms with van der Waals surface area (Å²) in [7, 11) is 0. The third-order valence-electron chi connectivity index (χ3n) is 8.35. The molecule has 2 aliphatic heterocycles. The van der Waals surface area contributed by atoms with E-state index in [4.69, 9.17) is 0 Å². The number of rotatable bonds is 5. The highest BCUT2D eigenvalue weighted by Gasteiger charge is 2.38. The molecule has 0 radical (unpaired) electrons. The third kappa shape index (κ3) is 4.72. The molecule has 1 amide bonds. The van der Waals surface area contributed by atoms with Gasteiger partial charge < -0.3 is 9.80 Å². The van der Waals surface area contributed by atoms with Crippen molar-refractivity contribution in [2.24, 2.45) is 5.92 Å². The molecule has 2 aliphatic rings. The van der Waals surface area contributed by atoms with Crippen LogP contribution in [-0.4, -0.2) is 48.4 Å². The molecular formula is C32H34N2OS. The highest BCUT2D eigenvalue weighted by Crippen LogP contribution is 2.37. The van der Waals surface area contributed by atoms with Crippen LogP contribution in [0.1, 0.15) is 51.7 Å². The molecular weight excluding hydrogens is 460 g/mol. The second-order valence-electron chi connectivity index (χ2n) is 10.6. The lowest BCUT2D eigenvalue weighted by Crippen LogP contribution is -2.38. The van der Waals surface area contributed by atoms with Crippen molar-refractivity contribution in [2.75, 3.05) is 32.7 Å². The normalized spacial score (nSPS) is 21.3. The summed E-state index contributed by atoms with van der Waals surface area (Å²) in [5, 5.41) is 6.64. The first-order valence-electron chi connectivity index (χ1n) is 13.2. The van der Waals surface area contributed by atoms with Crippen molar-refractivity contribution in [3.8, 4) is 0 Å². The number of benzene rings is 3. The number of aryl methyl sites for hydroxylation is 1. The lowest BCUT2D eigenvalue weighted by molar-refractivity contribution is 0.0783. The number of nitrogens with zero attached hydrogens (tertiary/aromatic N) is 2. The van der Waals surface area contributed by atoms with Crippen LogP contribution in [0, 0.1) is 12.8 Å². The zero-order valence-electron chi connectivity index (χ0n) is 21.0. The molecule has 1 aromatic heterocycles. The molecule has 0 bridgehead atoms. The quantitative estimate of drug-likeness (QED) is 0.300. The fourth-order valence-corrected chi connectivity index (χ4v) is 7.01. The van der Waals surface area contributed by atoms with Crippen LogP contribution in [0.3, 0.4) is 0 Å². The van der Waals surface area contributed by atoms with Gasteiger partial charge in [-0.3, -0.25) is 4.79 Å². The first-order chi connectivity index (χ1) is 17.7. The van der Waals surface area contributed by atoms with Crippen LogP contribution < -0.4 is 0 Å². The Bertz CT molecular complexity index is 1320. The largest absolute Gasteiger partial charge is 0.338 e. The second kappa shape index (κ2) is 10.2. The standard InChI is InChI=1S/C32H34N2OS/c1-23-9-11-24(12-10-23)25-13-16-33(17-14-25)19-28-20-34(21-31(28)27-15-18-36-22-27)32(35)30-8-4-6-26-5-2-3-7-29(26)30/h2-12,15,18,22,25,28,31H,13-14,16-17,19-21H2,1H3. The van der Waals surface area contributed by atoms with Gasteiger partial charge in [-0.05, 0) is 89.5 Å². The Morgan fingerprint density at radius 2 is 1.67 bits per heavy atom. The SMILES string of the molecule is Cc1ccc(C2CCN(CC3CN(C(=O)c4cccc5ccccc45)CC3c3ccsc3)CC2)cc1. The molecule has 4 aromatic rings. The number of piperidine rings is 1. The summed E-state index contributed by atoms with van der Waals surface area (Å²) >= 11 is 1.76. The smallest absolute Gasteiger partial charge is 0.254 e. The van der Waals surface area contributed by atoms with E-state index in [-0.39, 0.29) is 5.91 Å². The molecule has 0 saturated carbocycles. The lowest BCUT2D eigenvalue weighted by Gasteiger charge is -2.34. The zero-order valence-corrected chi connectivity index (χ0v) is 21.8. The van der Waals surface area contributed by atoms with Crippen molar-refractivity contribution in [2.45, 2.75) is 31.6 Å². The molecule has 2 unspecified atom stereocenters. The van der Waals surface area contributed by atoms with Crippen LogP contribution in [0.2, 0.25) is 0 Å². The summed E-state index contributed by atoms with van der Waals surface area (Å²) < 4.78 is 0. The first kappa shape index (κ1) is 23.4. The van der Waals surface area contributed by atoms with Crippen molar-refractivity contribution in [1.29, 1.82) is 0 Å². The van der Waals surface area contributed by atoms with Crippen LogP contribution in [0.4, 0.5) is 0 Å². The van der Waals surface area contributed by atoms with Crippen LogP contribution in [0.5, 0.6) is 0 Å². The van der Waals surface area contributed by atoms with Gasteiger partial charge in [0.1, 0.15) is 0 Å². The van der Waals surface area contributed by atoms with Crippen molar-refractivity contribution >= 4 is 28.0 Å². The van der Waals surface area contributed by atoms with Gasteiger partial charge in [0.05, 0.1) is 0 Å². The van der Waals surface area contributed by atoms with Gasteiger partial charge in [0.15, 0.2) is 0 Å². The maximum absolute atomic E-state index is 13.8. The predicted octanol–water partition coefficient (Wildman–Crippen LogP) is 6.95. The number of carbonyl (C=O) groups excluding carboxylic acids is 1. The van der Waals surface area contributed by atoms with E-state index in [1.54, 1.807) is 11.3 Å². The number of fused-ring (bicyclic) bond motifs is 1. The molecule has 2 fully saturated rings. The Morgan fingerprint density at radius 1 is 0.889 bits per heavy atom. The summed E-state index contributed by atoms with van der Waals surface area (Å²) in [6.45, 7) is 7.15. The van der Waals surface area contributed by atoms with E-state index >= 15 is 0 Å². The van der Waals surface area contributed by atoms with Gasteiger partial charge >= 0.3 is 0 Å². The average Bonchev–Trinajstić information content (AvgIpc) is 3.59. The predicted molar refractivity (Wildman–Crippen MR) is 150 cm³/mol. The van der Waals surface area contributed by atoms with E-state index in [1.807, 2.05) is 24.3 Å². The van der Waals surface area contributed by atoms with E-state index in [1.165, 1.54) is 29.5 Å². The van der Waals surface area contributed by atoms with Crippen molar-refractivity contribution in [3.05, 3.63) is 106 Å². The maximum atomic E-state index is 13.8. The van der Waals surface area contributed by atoms with E-state index in [9.17, 15) is 4.79 Å². The first-order valence-corrected chi connectivity index (χ1v) is 14.2. The molecule has 2 atom stereocenters. The fraction of sp³-hybridized carbons (Fsp3) is 0.344. The van der Waals surface area contributed by atoms with Crippen LogP contribution in [0.15, 0.2) is 83.6 Å². The molecule has 6 rings (SSSR count). The molecule has 0 spiro atoms. The summed E-state index contributed by atoms with van der Waals surface area (Å²) in [6, 6.07) is 25.7. The minimum Gasteiger partial charge on any atom is -0.338 e. The highest BCUT2D eigenvalue weighted by atomic mass is 32.1. The summed E-state index contributed by atoms with van der Waals surface area (Å²) in [6.07, 6.45) is 2.44.